The maximum Gasteiger partial charge on any atom is 0.279 e. The van der Waals surface area contributed by atoms with E-state index in [4.69, 9.17) is 16.3 Å². The van der Waals surface area contributed by atoms with E-state index in [-0.39, 0.29) is 18.1 Å². The third-order valence-corrected chi connectivity index (χ3v) is 3.67. The van der Waals surface area contributed by atoms with Gasteiger partial charge in [-0.15, -0.1) is 0 Å². The number of non-ortho nitro benzene ring substituents is 1. The Bertz CT molecular complexity index is 737. The van der Waals surface area contributed by atoms with Gasteiger partial charge < -0.3 is 15.0 Å². The van der Waals surface area contributed by atoms with Crippen molar-refractivity contribution in [3.63, 3.8) is 0 Å². The lowest BCUT2D eigenvalue weighted by atomic mass is 10.3. The second kappa shape index (κ2) is 9.00. The van der Waals surface area contributed by atoms with Crippen molar-refractivity contribution >= 4 is 28.9 Å². The largest absolute Gasteiger partial charge is 0.488 e. The number of benzene rings is 2. The highest BCUT2D eigenvalue weighted by Gasteiger charge is 2.12. The molecule has 0 aromatic heterocycles. The number of anilines is 1. The molecule has 0 bridgehead atoms. The SMILES string of the molecule is C[NH+](CCOc1ccc(Cl)cc1)CC(=O)Nc1cccc([N+](=O)[O-])c1. The maximum atomic E-state index is 12.0. The molecule has 7 nitrogen and oxygen atoms in total. The highest BCUT2D eigenvalue weighted by Crippen LogP contribution is 2.17. The molecule has 2 aromatic rings. The van der Waals surface area contributed by atoms with E-state index in [0.717, 1.165) is 10.6 Å². The lowest BCUT2D eigenvalue weighted by Gasteiger charge is -2.14. The number of ether oxygens (including phenoxy) is 1. The third-order valence-electron chi connectivity index (χ3n) is 3.41. The molecule has 0 fully saturated rings. The van der Waals surface area contributed by atoms with Gasteiger partial charge in [-0.1, -0.05) is 17.7 Å². The Morgan fingerprint density at radius 3 is 2.68 bits per heavy atom. The molecule has 0 heterocycles. The van der Waals surface area contributed by atoms with Crippen LogP contribution in [0.5, 0.6) is 5.75 Å². The standard InChI is InChI=1S/C17H18ClN3O4/c1-20(9-10-25-16-7-5-13(18)6-8-16)12-17(22)19-14-3-2-4-15(11-14)21(23)24/h2-8,11H,9-10,12H2,1H3,(H,19,22)/p+1. The van der Waals surface area contributed by atoms with Crippen molar-refractivity contribution in [2.24, 2.45) is 0 Å². The van der Waals surface area contributed by atoms with Gasteiger partial charge in [0.05, 0.1) is 12.0 Å². The van der Waals surface area contributed by atoms with Crippen LogP contribution < -0.4 is 15.0 Å². The summed E-state index contributed by atoms with van der Waals surface area (Å²) in [5, 5.41) is 14.0. The number of rotatable bonds is 8. The van der Waals surface area contributed by atoms with Crippen LogP contribution in [0, 0.1) is 10.1 Å². The number of quaternary nitrogens is 1. The van der Waals surface area contributed by atoms with Gasteiger partial charge in [-0.05, 0) is 30.3 Å². The van der Waals surface area contributed by atoms with E-state index in [1.807, 2.05) is 7.05 Å². The van der Waals surface area contributed by atoms with E-state index in [9.17, 15) is 14.9 Å². The van der Waals surface area contributed by atoms with Crippen molar-refractivity contribution in [3.05, 3.63) is 63.7 Å². The van der Waals surface area contributed by atoms with Crippen molar-refractivity contribution < 1.29 is 19.4 Å². The Kier molecular flexibility index (Phi) is 6.73. The van der Waals surface area contributed by atoms with Gasteiger partial charge in [0, 0.05) is 22.8 Å². The Morgan fingerprint density at radius 1 is 1.28 bits per heavy atom. The first kappa shape index (κ1) is 18.7. The molecule has 2 rings (SSSR count). The van der Waals surface area contributed by atoms with Crippen LogP contribution in [0.25, 0.3) is 0 Å². The first-order chi connectivity index (χ1) is 11.9. The van der Waals surface area contributed by atoms with Gasteiger partial charge in [0.2, 0.25) is 0 Å². The highest BCUT2D eigenvalue weighted by molar-refractivity contribution is 6.30. The summed E-state index contributed by atoms with van der Waals surface area (Å²) >= 11 is 5.81. The number of nitro groups is 1. The topological polar surface area (TPSA) is 85.9 Å². The molecule has 2 aromatic carbocycles. The van der Waals surface area contributed by atoms with Gasteiger partial charge in [-0.2, -0.15) is 0 Å². The number of hydrogen-bond acceptors (Lipinski definition) is 4. The van der Waals surface area contributed by atoms with Gasteiger partial charge >= 0.3 is 0 Å². The summed E-state index contributed by atoms with van der Waals surface area (Å²) in [7, 11) is 1.87. The van der Waals surface area contributed by atoms with Crippen LogP contribution in [-0.2, 0) is 4.79 Å². The molecule has 0 radical (unpaired) electrons. The normalized spacial score (nSPS) is 11.6. The highest BCUT2D eigenvalue weighted by atomic mass is 35.5. The summed E-state index contributed by atoms with van der Waals surface area (Å²) in [6, 6.07) is 12.9. The summed E-state index contributed by atoms with van der Waals surface area (Å²) in [5.74, 6) is 0.503. The summed E-state index contributed by atoms with van der Waals surface area (Å²) in [4.78, 5) is 23.2. The van der Waals surface area contributed by atoms with Crippen LogP contribution in [0.1, 0.15) is 0 Å². The zero-order valence-corrected chi connectivity index (χ0v) is 14.5. The van der Waals surface area contributed by atoms with E-state index in [1.165, 1.54) is 18.2 Å². The summed E-state index contributed by atoms with van der Waals surface area (Å²) in [5.41, 5.74) is 0.347. The number of nitrogens with zero attached hydrogens (tertiary/aromatic N) is 1. The second-order valence-electron chi connectivity index (χ2n) is 5.54. The Hall–Kier alpha value is -2.64. The first-order valence-electron chi connectivity index (χ1n) is 7.68. The van der Waals surface area contributed by atoms with Crippen LogP contribution in [0.3, 0.4) is 0 Å². The van der Waals surface area contributed by atoms with E-state index in [1.54, 1.807) is 30.3 Å². The molecule has 1 atom stereocenters. The van der Waals surface area contributed by atoms with Gasteiger partial charge in [-0.25, -0.2) is 0 Å². The summed E-state index contributed by atoms with van der Waals surface area (Å²) in [6.07, 6.45) is 0. The molecular weight excluding hydrogens is 346 g/mol. The molecule has 0 aliphatic heterocycles. The number of amides is 1. The number of likely N-dealkylation sites (N-methyl/N-ethyl adjacent to an activating group) is 1. The number of halogens is 1. The van der Waals surface area contributed by atoms with Crippen LogP contribution in [0.15, 0.2) is 48.5 Å². The van der Waals surface area contributed by atoms with Crippen molar-refractivity contribution in [3.8, 4) is 5.75 Å². The van der Waals surface area contributed by atoms with Crippen molar-refractivity contribution in [2.45, 2.75) is 0 Å². The minimum absolute atomic E-state index is 0.0603. The fourth-order valence-electron chi connectivity index (χ4n) is 2.14. The fraction of sp³-hybridized carbons (Fsp3) is 0.235. The molecular formula is C17H19ClN3O4+. The van der Waals surface area contributed by atoms with Gasteiger partial charge in [0.1, 0.15) is 18.9 Å². The maximum absolute atomic E-state index is 12.0. The van der Waals surface area contributed by atoms with Crippen molar-refractivity contribution in [1.82, 2.24) is 0 Å². The molecule has 1 amide bonds. The van der Waals surface area contributed by atoms with Crippen LogP contribution in [0.2, 0.25) is 5.02 Å². The average molecular weight is 365 g/mol. The van der Waals surface area contributed by atoms with E-state index in [2.05, 4.69) is 5.32 Å². The number of hydrogen-bond donors (Lipinski definition) is 2. The predicted molar refractivity (Wildman–Crippen MR) is 95.3 cm³/mol. The predicted octanol–water partition coefficient (Wildman–Crippen LogP) is 1.78. The molecule has 8 heteroatoms. The van der Waals surface area contributed by atoms with E-state index < -0.39 is 4.92 Å². The van der Waals surface area contributed by atoms with Gasteiger partial charge in [0.15, 0.2) is 6.54 Å². The van der Waals surface area contributed by atoms with Crippen LogP contribution in [0.4, 0.5) is 11.4 Å². The van der Waals surface area contributed by atoms with Crippen LogP contribution >= 0.6 is 11.6 Å². The summed E-state index contributed by atoms with van der Waals surface area (Å²) < 4.78 is 5.59. The third kappa shape index (κ3) is 6.40. The smallest absolute Gasteiger partial charge is 0.279 e. The number of nitro benzene ring substituents is 1. The van der Waals surface area contributed by atoms with Crippen molar-refractivity contribution in [1.29, 1.82) is 0 Å². The molecule has 25 heavy (non-hydrogen) atoms. The molecule has 132 valence electrons. The fourth-order valence-corrected chi connectivity index (χ4v) is 2.26. The molecule has 0 aliphatic carbocycles. The second-order valence-corrected chi connectivity index (χ2v) is 5.98. The zero-order valence-electron chi connectivity index (χ0n) is 13.7. The lowest BCUT2D eigenvalue weighted by molar-refractivity contribution is -0.871. The molecule has 0 spiro atoms. The van der Waals surface area contributed by atoms with Gasteiger partial charge in [0.25, 0.3) is 11.6 Å². The molecule has 2 N–H and O–H groups in total. The minimum Gasteiger partial charge on any atom is -0.488 e. The monoisotopic (exact) mass is 364 g/mol. The molecule has 0 saturated heterocycles. The quantitative estimate of drug-likeness (QED) is 0.552. The number of carbonyl (C=O) groups excluding carboxylic acids is 1. The number of carbonyl (C=O) groups is 1. The summed E-state index contributed by atoms with van der Waals surface area (Å²) in [6.45, 7) is 1.31. The minimum atomic E-state index is -0.499. The van der Waals surface area contributed by atoms with Crippen LogP contribution in [-0.4, -0.2) is 37.6 Å². The molecule has 0 saturated carbocycles. The van der Waals surface area contributed by atoms with E-state index in [0.29, 0.717) is 23.9 Å². The molecule has 0 aliphatic rings. The van der Waals surface area contributed by atoms with E-state index >= 15 is 0 Å². The lowest BCUT2D eigenvalue weighted by Crippen LogP contribution is -3.10. The molecule has 1 unspecified atom stereocenters. The number of nitrogens with one attached hydrogen (secondary N) is 2. The zero-order chi connectivity index (χ0) is 18.2. The Morgan fingerprint density at radius 2 is 2.00 bits per heavy atom. The Labute approximate surface area is 150 Å². The first-order valence-corrected chi connectivity index (χ1v) is 8.06. The van der Waals surface area contributed by atoms with Crippen molar-refractivity contribution in [2.75, 3.05) is 32.1 Å². The average Bonchev–Trinajstić information content (AvgIpc) is 2.56. The Balaban J connectivity index is 1.75. The van der Waals surface area contributed by atoms with Gasteiger partial charge in [-0.3, -0.25) is 14.9 Å².